The van der Waals surface area contributed by atoms with Gasteiger partial charge in [-0.05, 0) is 11.1 Å². The molecular weight excluding hydrogens is 260 g/mol. The standard InChI is InChI=1S/C14H14O2.CH2O3/c1-3-7-13(8-4-1)11-15-16-12-14-9-5-2-6-10-14;2-1(3)4/h1-10H,11-12H2;(H2,2,3,4). The van der Waals surface area contributed by atoms with Crippen molar-refractivity contribution in [2.75, 3.05) is 0 Å². The molecule has 0 aromatic heterocycles. The molecule has 0 saturated heterocycles. The van der Waals surface area contributed by atoms with E-state index in [0.717, 1.165) is 11.1 Å². The minimum absolute atomic E-state index is 0.480. The van der Waals surface area contributed by atoms with Crippen LogP contribution in [0, 0.1) is 0 Å². The smallest absolute Gasteiger partial charge is 0.450 e. The van der Waals surface area contributed by atoms with E-state index in [9.17, 15) is 0 Å². The van der Waals surface area contributed by atoms with Crippen LogP contribution < -0.4 is 0 Å². The zero-order valence-corrected chi connectivity index (χ0v) is 10.8. The Morgan fingerprint density at radius 1 is 0.750 bits per heavy atom. The second-order valence-corrected chi connectivity index (χ2v) is 3.78. The molecule has 0 aliphatic rings. The van der Waals surface area contributed by atoms with Crippen molar-refractivity contribution < 1.29 is 24.8 Å². The molecular formula is C15H16O5. The molecule has 5 heteroatoms. The third-order valence-electron chi connectivity index (χ3n) is 2.22. The number of carboxylic acid groups (broad SMARTS) is 2. The van der Waals surface area contributed by atoms with E-state index in [2.05, 4.69) is 0 Å². The van der Waals surface area contributed by atoms with E-state index in [1.165, 1.54) is 0 Å². The number of benzene rings is 2. The third-order valence-corrected chi connectivity index (χ3v) is 2.22. The lowest BCUT2D eigenvalue weighted by Crippen LogP contribution is -1.95. The van der Waals surface area contributed by atoms with Crippen molar-refractivity contribution >= 4 is 6.16 Å². The van der Waals surface area contributed by atoms with Gasteiger partial charge in [-0.1, -0.05) is 60.7 Å². The summed E-state index contributed by atoms with van der Waals surface area (Å²) in [4.78, 5) is 18.8. The summed E-state index contributed by atoms with van der Waals surface area (Å²) in [5.74, 6) is 0. The van der Waals surface area contributed by atoms with E-state index in [0.29, 0.717) is 13.2 Å². The summed E-state index contributed by atoms with van der Waals surface area (Å²) in [7, 11) is 0. The molecule has 2 N–H and O–H groups in total. The van der Waals surface area contributed by atoms with Crippen molar-refractivity contribution in [2.45, 2.75) is 13.2 Å². The van der Waals surface area contributed by atoms with Crippen LogP contribution in [-0.4, -0.2) is 16.4 Å². The zero-order valence-electron chi connectivity index (χ0n) is 10.8. The predicted molar refractivity (Wildman–Crippen MR) is 73.1 cm³/mol. The van der Waals surface area contributed by atoms with Gasteiger partial charge in [0.1, 0.15) is 13.2 Å². The first-order valence-electron chi connectivity index (χ1n) is 5.92. The minimum Gasteiger partial charge on any atom is -0.450 e. The molecule has 106 valence electrons. The van der Waals surface area contributed by atoms with Crippen molar-refractivity contribution in [3.8, 4) is 0 Å². The highest BCUT2D eigenvalue weighted by molar-refractivity contribution is 5.53. The maximum Gasteiger partial charge on any atom is 0.503 e. The molecule has 0 unspecified atom stereocenters. The van der Waals surface area contributed by atoms with E-state index in [1.54, 1.807) is 0 Å². The number of hydrogen-bond donors (Lipinski definition) is 2. The minimum atomic E-state index is -1.83. The van der Waals surface area contributed by atoms with E-state index in [4.69, 9.17) is 24.8 Å². The predicted octanol–water partition coefficient (Wildman–Crippen LogP) is 3.56. The molecule has 20 heavy (non-hydrogen) atoms. The van der Waals surface area contributed by atoms with Gasteiger partial charge in [-0.3, -0.25) is 0 Å². The quantitative estimate of drug-likeness (QED) is 0.496. The maximum atomic E-state index is 8.56. The molecule has 2 rings (SSSR count). The van der Waals surface area contributed by atoms with E-state index >= 15 is 0 Å². The summed E-state index contributed by atoms with van der Waals surface area (Å²) in [6, 6.07) is 19.9. The summed E-state index contributed by atoms with van der Waals surface area (Å²) in [5.41, 5.74) is 2.21. The first kappa shape index (κ1) is 15.7. The van der Waals surface area contributed by atoms with Gasteiger partial charge in [-0.2, -0.15) is 0 Å². The van der Waals surface area contributed by atoms with Crippen LogP contribution in [0.25, 0.3) is 0 Å². The molecule has 0 atom stereocenters. The molecule has 0 radical (unpaired) electrons. The van der Waals surface area contributed by atoms with Crippen LogP contribution in [0.3, 0.4) is 0 Å². The molecule has 2 aromatic carbocycles. The van der Waals surface area contributed by atoms with Gasteiger partial charge in [0.15, 0.2) is 0 Å². The Balaban J connectivity index is 0.000000444. The van der Waals surface area contributed by atoms with Crippen LogP contribution in [-0.2, 0) is 23.0 Å². The Morgan fingerprint density at radius 2 is 1.05 bits per heavy atom. The van der Waals surface area contributed by atoms with Crippen LogP contribution in [0.1, 0.15) is 11.1 Å². The largest absolute Gasteiger partial charge is 0.503 e. The highest BCUT2D eigenvalue weighted by atomic mass is 17.2. The van der Waals surface area contributed by atoms with Crippen molar-refractivity contribution in [1.82, 2.24) is 0 Å². The van der Waals surface area contributed by atoms with Crippen LogP contribution in [0.5, 0.6) is 0 Å². The highest BCUT2D eigenvalue weighted by Crippen LogP contribution is 2.04. The Kier molecular flexibility index (Phi) is 7.49. The van der Waals surface area contributed by atoms with E-state index in [1.807, 2.05) is 60.7 Å². The SMILES string of the molecule is O=C(O)O.c1ccc(COOCc2ccccc2)cc1. The first-order valence-corrected chi connectivity index (χ1v) is 5.92. The third kappa shape index (κ3) is 7.86. The highest BCUT2D eigenvalue weighted by Gasteiger charge is 1.94. The normalized spacial score (nSPS) is 9.40. The average Bonchev–Trinajstić information content (AvgIpc) is 2.45. The second-order valence-electron chi connectivity index (χ2n) is 3.78. The zero-order chi connectivity index (χ0) is 14.6. The molecule has 0 spiro atoms. The molecule has 0 fully saturated rings. The van der Waals surface area contributed by atoms with Crippen molar-refractivity contribution in [2.24, 2.45) is 0 Å². The van der Waals surface area contributed by atoms with Gasteiger partial charge in [0.05, 0.1) is 0 Å². The second kappa shape index (κ2) is 9.55. The molecule has 0 aliphatic heterocycles. The number of hydrogen-bond acceptors (Lipinski definition) is 3. The lowest BCUT2D eigenvalue weighted by atomic mass is 10.2. The van der Waals surface area contributed by atoms with E-state index in [-0.39, 0.29) is 0 Å². The van der Waals surface area contributed by atoms with Gasteiger partial charge in [0.2, 0.25) is 0 Å². The number of rotatable bonds is 5. The van der Waals surface area contributed by atoms with Crippen molar-refractivity contribution in [3.05, 3.63) is 71.8 Å². The summed E-state index contributed by atoms with van der Waals surface area (Å²) >= 11 is 0. The van der Waals surface area contributed by atoms with Gasteiger partial charge in [-0.15, -0.1) is 0 Å². The van der Waals surface area contributed by atoms with Crippen LogP contribution in [0.2, 0.25) is 0 Å². The van der Waals surface area contributed by atoms with E-state index < -0.39 is 6.16 Å². The van der Waals surface area contributed by atoms with Gasteiger partial charge in [-0.25, -0.2) is 14.6 Å². The monoisotopic (exact) mass is 276 g/mol. The van der Waals surface area contributed by atoms with Crippen molar-refractivity contribution in [1.29, 1.82) is 0 Å². The number of carbonyl (C=O) groups is 1. The molecule has 0 amide bonds. The summed E-state index contributed by atoms with van der Waals surface area (Å²) < 4.78 is 0. The van der Waals surface area contributed by atoms with Crippen LogP contribution in [0.4, 0.5) is 4.79 Å². The van der Waals surface area contributed by atoms with Gasteiger partial charge >= 0.3 is 6.16 Å². The summed E-state index contributed by atoms with van der Waals surface area (Å²) in [5, 5.41) is 13.9. The van der Waals surface area contributed by atoms with Gasteiger partial charge < -0.3 is 10.2 Å². The fraction of sp³-hybridized carbons (Fsp3) is 0.133. The van der Waals surface area contributed by atoms with Crippen molar-refractivity contribution in [3.63, 3.8) is 0 Å². The lowest BCUT2D eigenvalue weighted by Gasteiger charge is -2.04. The van der Waals surface area contributed by atoms with Gasteiger partial charge in [0.25, 0.3) is 0 Å². The maximum absolute atomic E-state index is 8.56. The fourth-order valence-corrected chi connectivity index (χ4v) is 1.37. The molecule has 2 aromatic rings. The molecule has 0 bridgehead atoms. The molecule has 0 aliphatic carbocycles. The molecule has 0 heterocycles. The van der Waals surface area contributed by atoms with Crippen LogP contribution in [0.15, 0.2) is 60.7 Å². The Bertz CT molecular complexity index is 439. The Hall–Kier alpha value is -2.37. The first-order chi connectivity index (χ1) is 9.68. The summed E-state index contributed by atoms with van der Waals surface area (Å²) in [6.07, 6.45) is -1.83. The lowest BCUT2D eigenvalue weighted by molar-refractivity contribution is -0.313. The topological polar surface area (TPSA) is 76.0 Å². The Morgan fingerprint density at radius 3 is 1.35 bits per heavy atom. The Labute approximate surface area is 116 Å². The van der Waals surface area contributed by atoms with Crippen LogP contribution >= 0.6 is 0 Å². The summed E-state index contributed by atoms with van der Waals surface area (Å²) in [6.45, 7) is 0.960. The average molecular weight is 276 g/mol. The molecule has 0 saturated carbocycles. The molecule has 5 nitrogen and oxygen atoms in total. The fourth-order valence-electron chi connectivity index (χ4n) is 1.37. The van der Waals surface area contributed by atoms with Gasteiger partial charge in [0, 0.05) is 0 Å².